The van der Waals surface area contributed by atoms with E-state index in [1.54, 1.807) is 4.90 Å². The van der Waals surface area contributed by atoms with E-state index in [0.29, 0.717) is 13.0 Å². The van der Waals surface area contributed by atoms with Gasteiger partial charge in [-0.25, -0.2) is 0 Å². The van der Waals surface area contributed by atoms with Gasteiger partial charge in [0.2, 0.25) is 5.91 Å². The molecule has 2 aliphatic rings. The van der Waals surface area contributed by atoms with E-state index in [-0.39, 0.29) is 23.0 Å². The molecule has 16 heavy (non-hydrogen) atoms. The van der Waals surface area contributed by atoms with Gasteiger partial charge >= 0.3 is 0 Å². The van der Waals surface area contributed by atoms with Crippen LogP contribution in [0.2, 0.25) is 0 Å². The maximum absolute atomic E-state index is 12.3. The summed E-state index contributed by atoms with van der Waals surface area (Å²) in [5, 5.41) is 0. The first kappa shape index (κ1) is 11.6. The van der Waals surface area contributed by atoms with Crippen LogP contribution in [0.5, 0.6) is 0 Å². The number of nitrogens with zero attached hydrogens (tertiary/aromatic N) is 1. The molecule has 1 saturated heterocycles. The average Bonchev–Trinajstić information content (AvgIpc) is 2.57. The number of amides is 1. The molecular weight excluding hydrogens is 202 g/mol. The number of rotatable bonds is 1. The summed E-state index contributed by atoms with van der Waals surface area (Å²) in [6.07, 6.45) is 4.77. The summed E-state index contributed by atoms with van der Waals surface area (Å²) in [4.78, 5) is 25.5. The van der Waals surface area contributed by atoms with Crippen molar-refractivity contribution in [2.24, 2.45) is 11.3 Å². The Morgan fingerprint density at radius 3 is 2.69 bits per heavy atom. The molecule has 1 amide bonds. The van der Waals surface area contributed by atoms with Gasteiger partial charge in [-0.05, 0) is 24.7 Å². The molecule has 1 saturated carbocycles. The lowest BCUT2D eigenvalue weighted by Gasteiger charge is -2.33. The molecule has 1 aliphatic heterocycles. The Labute approximate surface area is 97.2 Å². The van der Waals surface area contributed by atoms with Gasteiger partial charge in [-0.2, -0.15) is 0 Å². The number of ketones is 1. The lowest BCUT2D eigenvalue weighted by molar-refractivity contribution is -0.143. The molecule has 1 atom stereocenters. The molecule has 2 fully saturated rings. The van der Waals surface area contributed by atoms with E-state index in [1.807, 2.05) is 0 Å². The molecule has 90 valence electrons. The van der Waals surface area contributed by atoms with Crippen molar-refractivity contribution in [1.82, 2.24) is 4.90 Å². The number of likely N-dealkylation sites (tertiary alicyclic amines) is 1. The van der Waals surface area contributed by atoms with Gasteiger partial charge < -0.3 is 4.90 Å². The van der Waals surface area contributed by atoms with E-state index in [4.69, 9.17) is 0 Å². The molecule has 0 N–H and O–H groups in total. The third-order valence-electron chi connectivity index (χ3n) is 4.12. The van der Waals surface area contributed by atoms with Gasteiger partial charge in [-0.1, -0.05) is 20.3 Å². The molecule has 1 unspecified atom stereocenters. The number of carbonyl (C=O) groups excluding carboxylic acids is 2. The Bertz CT molecular complexity index is 309. The van der Waals surface area contributed by atoms with Crippen molar-refractivity contribution in [1.29, 1.82) is 0 Å². The predicted molar refractivity (Wildman–Crippen MR) is 61.9 cm³/mol. The molecule has 0 aromatic carbocycles. The molecule has 0 aromatic rings. The minimum Gasteiger partial charge on any atom is -0.335 e. The molecule has 0 bridgehead atoms. The number of hydrogen-bond acceptors (Lipinski definition) is 2. The zero-order valence-electron chi connectivity index (χ0n) is 10.3. The molecule has 0 spiro atoms. The van der Waals surface area contributed by atoms with Crippen molar-refractivity contribution in [3.63, 3.8) is 0 Å². The third kappa shape index (κ3) is 2.13. The van der Waals surface area contributed by atoms with Crippen LogP contribution >= 0.6 is 0 Å². The summed E-state index contributed by atoms with van der Waals surface area (Å²) >= 11 is 0. The molecule has 1 heterocycles. The van der Waals surface area contributed by atoms with Crippen molar-refractivity contribution in [3.05, 3.63) is 0 Å². The largest absolute Gasteiger partial charge is 0.335 e. The highest BCUT2D eigenvalue weighted by atomic mass is 16.2. The maximum Gasteiger partial charge on any atom is 0.226 e. The SMILES string of the molecule is CC1(C)CCCC1C(=O)N1CCCC(=O)C1. The van der Waals surface area contributed by atoms with Gasteiger partial charge in [-0.15, -0.1) is 0 Å². The van der Waals surface area contributed by atoms with E-state index in [9.17, 15) is 9.59 Å². The van der Waals surface area contributed by atoms with Crippen molar-refractivity contribution in [3.8, 4) is 0 Å². The number of Topliss-reactive ketones (excluding diaryl/α,β-unsaturated/α-hetero) is 1. The standard InChI is InChI=1S/C13H21NO2/c1-13(2)7-3-6-11(13)12(16)14-8-4-5-10(15)9-14/h11H,3-9H2,1-2H3. The summed E-state index contributed by atoms with van der Waals surface area (Å²) in [5.41, 5.74) is 0.123. The molecule has 2 rings (SSSR count). The second-order valence-corrected chi connectivity index (χ2v) is 5.84. The third-order valence-corrected chi connectivity index (χ3v) is 4.12. The van der Waals surface area contributed by atoms with Crippen LogP contribution in [-0.2, 0) is 9.59 Å². The average molecular weight is 223 g/mol. The minimum absolute atomic E-state index is 0.123. The Hall–Kier alpha value is -0.860. The Morgan fingerprint density at radius 2 is 2.12 bits per heavy atom. The summed E-state index contributed by atoms with van der Waals surface area (Å²) in [6.45, 7) is 5.48. The van der Waals surface area contributed by atoms with Crippen molar-refractivity contribution in [2.45, 2.75) is 46.0 Å². The zero-order valence-corrected chi connectivity index (χ0v) is 10.3. The maximum atomic E-state index is 12.3. The topological polar surface area (TPSA) is 37.4 Å². The monoisotopic (exact) mass is 223 g/mol. The molecule has 3 heteroatoms. The van der Waals surface area contributed by atoms with Crippen LogP contribution in [-0.4, -0.2) is 29.7 Å². The van der Waals surface area contributed by atoms with Crippen molar-refractivity contribution < 1.29 is 9.59 Å². The van der Waals surface area contributed by atoms with Crippen molar-refractivity contribution in [2.75, 3.05) is 13.1 Å². The molecule has 1 aliphatic carbocycles. The molecule has 0 aromatic heterocycles. The summed E-state index contributed by atoms with van der Waals surface area (Å²) in [7, 11) is 0. The number of hydrogen-bond donors (Lipinski definition) is 0. The van der Waals surface area contributed by atoms with E-state index < -0.39 is 0 Å². The van der Waals surface area contributed by atoms with E-state index >= 15 is 0 Å². The van der Waals surface area contributed by atoms with Crippen LogP contribution in [0.15, 0.2) is 0 Å². The van der Waals surface area contributed by atoms with Crippen LogP contribution in [0.4, 0.5) is 0 Å². The van der Waals surface area contributed by atoms with Crippen LogP contribution in [0.25, 0.3) is 0 Å². The van der Waals surface area contributed by atoms with Gasteiger partial charge in [-0.3, -0.25) is 9.59 Å². The number of carbonyl (C=O) groups is 2. The normalized spacial score (nSPS) is 29.5. The summed E-state index contributed by atoms with van der Waals surface area (Å²) in [6, 6.07) is 0. The fourth-order valence-electron chi connectivity index (χ4n) is 3.03. The Kier molecular flexibility index (Phi) is 3.04. The number of piperidine rings is 1. The lowest BCUT2D eigenvalue weighted by atomic mass is 9.81. The Morgan fingerprint density at radius 1 is 1.38 bits per heavy atom. The van der Waals surface area contributed by atoms with Gasteiger partial charge in [0.15, 0.2) is 5.78 Å². The molecule has 0 radical (unpaired) electrons. The van der Waals surface area contributed by atoms with Gasteiger partial charge in [0, 0.05) is 18.9 Å². The highest BCUT2D eigenvalue weighted by Crippen LogP contribution is 2.43. The van der Waals surface area contributed by atoms with Gasteiger partial charge in [0.05, 0.1) is 6.54 Å². The van der Waals surface area contributed by atoms with Crippen LogP contribution < -0.4 is 0 Å². The second-order valence-electron chi connectivity index (χ2n) is 5.84. The molecule has 3 nitrogen and oxygen atoms in total. The van der Waals surface area contributed by atoms with E-state index in [2.05, 4.69) is 13.8 Å². The first-order chi connectivity index (χ1) is 7.50. The minimum atomic E-state index is 0.123. The predicted octanol–water partition coefficient (Wildman–Crippen LogP) is 2.00. The highest BCUT2D eigenvalue weighted by Gasteiger charge is 2.41. The van der Waals surface area contributed by atoms with Crippen molar-refractivity contribution >= 4 is 11.7 Å². The quantitative estimate of drug-likeness (QED) is 0.682. The van der Waals surface area contributed by atoms with Crippen LogP contribution in [0.1, 0.15) is 46.0 Å². The van der Waals surface area contributed by atoms with Gasteiger partial charge in [0.25, 0.3) is 0 Å². The van der Waals surface area contributed by atoms with Crippen LogP contribution in [0, 0.1) is 11.3 Å². The highest BCUT2D eigenvalue weighted by molar-refractivity contribution is 5.88. The second kappa shape index (κ2) is 4.19. The summed E-state index contributed by atoms with van der Waals surface area (Å²) in [5.74, 6) is 0.573. The Balaban J connectivity index is 2.04. The lowest BCUT2D eigenvalue weighted by Crippen LogP contribution is -2.45. The fourth-order valence-corrected chi connectivity index (χ4v) is 3.03. The summed E-state index contributed by atoms with van der Waals surface area (Å²) < 4.78 is 0. The first-order valence-corrected chi connectivity index (χ1v) is 6.31. The van der Waals surface area contributed by atoms with Crippen LogP contribution in [0.3, 0.4) is 0 Å². The van der Waals surface area contributed by atoms with E-state index in [1.165, 1.54) is 0 Å². The zero-order chi connectivity index (χ0) is 11.8. The smallest absolute Gasteiger partial charge is 0.226 e. The van der Waals surface area contributed by atoms with Gasteiger partial charge in [0.1, 0.15) is 0 Å². The fraction of sp³-hybridized carbons (Fsp3) is 0.846. The first-order valence-electron chi connectivity index (χ1n) is 6.31. The van der Waals surface area contributed by atoms with E-state index in [0.717, 1.165) is 32.2 Å². The molecular formula is C13H21NO2.